The summed E-state index contributed by atoms with van der Waals surface area (Å²) >= 11 is 0. The maximum absolute atomic E-state index is 12.4. The minimum atomic E-state index is -4.37. The van der Waals surface area contributed by atoms with Gasteiger partial charge in [-0.1, -0.05) is 18.2 Å². The normalized spacial score (nSPS) is 11.2. The van der Waals surface area contributed by atoms with Gasteiger partial charge in [0.05, 0.1) is 12.0 Å². The molecule has 1 N–H and O–H groups in total. The van der Waals surface area contributed by atoms with Crippen LogP contribution < -0.4 is 5.32 Å². The zero-order valence-electron chi connectivity index (χ0n) is 11.2. The molecule has 0 saturated heterocycles. The van der Waals surface area contributed by atoms with Gasteiger partial charge in [-0.25, -0.2) is 4.98 Å². The number of carbonyl (C=O) groups is 1. The highest BCUT2D eigenvalue weighted by atomic mass is 19.4. The molecule has 0 fully saturated rings. The van der Waals surface area contributed by atoms with E-state index in [0.29, 0.717) is 11.4 Å². The Morgan fingerprint density at radius 2 is 1.81 bits per heavy atom. The Hall–Kier alpha value is -2.37. The average molecular weight is 294 g/mol. The monoisotopic (exact) mass is 294 g/mol. The number of halogens is 3. The molecule has 0 aliphatic heterocycles. The smallest absolute Gasteiger partial charge is 0.310 e. The maximum atomic E-state index is 12.4. The molecular weight excluding hydrogens is 281 g/mol. The van der Waals surface area contributed by atoms with Gasteiger partial charge >= 0.3 is 6.18 Å². The first-order valence-corrected chi connectivity index (χ1v) is 6.24. The van der Waals surface area contributed by atoms with E-state index in [9.17, 15) is 18.0 Å². The van der Waals surface area contributed by atoms with E-state index in [-0.39, 0.29) is 12.3 Å². The van der Waals surface area contributed by atoms with Crippen LogP contribution in [0.4, 0.5) is 19.0 Å². The average Bonchev–Trinajstić information content (AvgIpc) is 2.38. The summed E-state index contributed by atoms with van der Waals surface area (Å²) in [5, 5.41) is 2.60. The van der Waals surface area contributed by atoms with Crippen LogP contribution in [0.2, 0.25) is 0 Å². The van der Waals surface area contributed by atoms with E-state index in [1.54, 1.807) is 25.1 Å². The largest absolute Gasteiger partial charge is 0.416 e. The first-order chi connectivity index (χ1) is 9.84. The van der Waals surface area contributed by atoms with E-state index < -0.39 is 11.7 Å². The highest BCUT2D eigenvalue weighted by Gasteiger charge is 2.29. The van der Waals surface area contributed by atoms with Crippen molar-refractivity contribution >= 4 is 11.7 Å². The van der Waals surface area contributed by atoms with Crippen LogP contribution in [0.3, 0.4) is 0 Å². The molecular formula is C15H13F3N2O. The van der Waals surface area contributed by atoms with E-state index in [1.165, 1.54) is 12.1 Å². The minimum Gasteiger partial charge on any atom is -0.310 e. The first-order valence-electron chi connectivity index (χ1n) is 6.24. The number of nitrogens with zero attached hydrogens (tertiary/aromatic N) is 1. The molecule has 0 aliphatic carbocycles. The van der Waals surface area contributed by atoms with Crippen molar-refractivity contribution < 1.29 is 18.0 Å². The number of aryl methyl sites for hydroxylation is 1. The van der Waals surface area contributed by atoms with Gasteiger partial charge in [-0.3, -0.25) is 4.79 Å². The molecule has 0 spiro atoms. The van der Waals surface area contributed by atoms with E-state index in [2.05, 4.69) is 10.3 Å². The molecule has 0 radical (unpaired) electrons. The van der Waals surface area contributed by atoms with Crippen LogP contribution in [-0.4, -0.2) is 10.9 Å². The highest BCUT2D eigenvalue weighted by molar-refractivity contribution is 5.91. The second-order valence-electron chi connectivity index (χ2n) is 4.58. The Kier molecular flexibility index (Phi) is 4.26. The number of amides is 1. The van der Waals surface area contributed by atoms with Crippen molar-refractivity contribution in [2.75, 3.05) is 5.32 Å². The number of benzene rings is 1. The summed E-state index contributed by atoms with van der Waals surface area (Å²) in [4.78, 5) is 15.9. The van der Waals surface area contributed by atoms with Crippen LogP contribution in [0.5, 0.6) is 0 Å². The Morgan fingerprint density at radius 3 is 2.38 bits per heavy atom. The fraction of sp³-hybridized carbons (Fsp3) is 0.200. The zero-order chi connectivity index (χ0) is 15.5. The summed E-state index contributed by atoms with van der Waals surface area (Å²) in [5.41, 5.74) is 0.544. The summed E-state index contributed by atoms with van der Waals surface area (Å²) < 4.78 is 37.3. The Bertz CT molecular complexity index is 636. The fourth-order valence-electron chi connectivity index (χ4n) is 1.80. The summed E-state index contributed by atoms with van der Waals surface area (Å²) in [5.74, 6) is 0.0970. The predicted octanol–water partition coefficient (Wildman–Crippen LogP) is 3.59. The quantitative estimate of drug-likeness (QED) is 0.940. The lowest BCUT2D eigenvalue weighted by molar-refractivity contribution is -0.137. The van der Waals surface area contributed by atoms with Gasteiger partial charge in [-0.05, 0) is 36.8 Å². The van der Waals surface area contributed by atoms with Crippen LogP contribution in [0, 0.1) is 6.92 Å². The molecule has 1 aromatic carbocycles. The van der Waals surface area contributed by atoms with Crippen LogP contribution in [0.1, 0.15) is 16.8 Å². The number of nitrogens with one attached hydrogen (secondary N) is 1. The molecule has 2 rings (SSSR count). The number of rotatable bonds is 3. The standard InChI is InChI=1S/C15H13F3N2O/c1-10-3-2-4-13(19-10)20-14(21)9-11-5-7-12(8-6-11)15(16,17)18/h2-8H,9H2,1H3,(H,19,20,21). The van der Waals surface area contributed by atoms with Gasteiger partial charge in [0.15, 0.2) is 0 Å². The molecule has 110 valence electrons. The van der Waals surface area contributed by atoms with E-state index in [0.717, 1.165) is 17.8 Å². The van der Waals surface area contributed by atoms with Gasteiger partial charge in [0.1, 0.15) is 5.82 Å². The van der Waals surface area contributed by atoms with Crippen molar-refractivity contribution in [2.24, 2.45) is 0 Å². The Morgan fingerprint density at radius 1 is 1.14 bits per heavy atom. The van der Waals surface area contributed by atoms with Crippen molar-refractivity contribution in [2.45, 2.75) is 19.5 Å². The van der Waals surface area contributed by atoms with Crippen molar-refractivity contribution in [1.29, 1.82) is 0 Å². The highest BCUT2D eigenvalue weighted by Crippen LogP contribution is 2.29. The summed E-state index contributed by atoms with van der Waals surface area (Å²) in [6, 6.07) is 9.73. The third-order valence-electron chi connectivity index (χ3n) is 2.80. The number of hydrogen-bond acceptors (Lipinski definition) is 2. The Balaban J connectivity index is 2.00. The van der Waals surface area contributed by atoms with Crippen molar-refractivity contribution in [3.05, 3.63) is 59.3 Å². The van der Waals surface area contributed by atoms with Crippen molar-refractivity contribution in [1.82, 2.24) is 4.98 Å². The molecule has 2 aromatic rings. The molecule has 6 heteroatoms. The topological polar surface area (TPSA) is 42.0 Å². The number of aromatic nitrogens is 1. The number of anilines is 1. The fourth-order valence-corrected chi connectivity index (χ4v) is 1.80. The number of pyridine rings is 1. The number of hydrogen-bond donors (Lipinski definition) is 1. The Labute approximate surface area is 119 Å². The second-order valence-corrected chi connectivity index (χ2v) is 4.58. The van der Waals surface area contributed by atoms with Gasteiger partial charge in [-0.2, -0.15) is 13.2 Å². The molecule has 0 bridgehead atoms. The predicted molar refractivity (Wildman–Crippen MR) is 72.8 cm³/mol. The molecule has 0 unspecified atom stereocenters. The lowest BCUT2D eigenvalue weighted by Crippen LogP contribution is -2.15. The molecule has 1 aromatic heterocycles. The molecule has 0 atom stereocenters. The van der Waals surface area contributed by atoms with Crippen molar-refractivity contribution in [3.8, 4) is 0 Å². The van der Waals surface area contributed by atoms with Gasteiger partial charge in [0.25, 0.3) is 0 Å². The second kappa shape index (κ2) is 5.95. The SMILES string of the molecule is Cc1cccc(NC(=O)Cc2ccc(C(F)(F)F)cc2)n1. The molecule has 0 aliphatic rings. The lowest BCUT2D eigenvalue weighted by atomic mass is 10.1. The molecule has 1 amide bonds. The number of alkyl halides is 3. The zero-order valence-corrected chi connectivity index (χ0v) is 11.2. The molecule has 0 saturated carbocycles. The van der Waals surface area contributed by atoms with Gasteiger partial charge in [0.2, 0.25) is 5.91 Å². The molecule has 21 heavy (non-hydrogen) atoms. The van der Waals surface area contributed by atoms with Crippen LogP contribution >= 0.6 is 0 Å². The van der Waals surface area contributed by atoms with E-state index >= 15 is 0 Å². The van der Waals surface area contributed by atoms with Gasteiger partial charge < -0.3 is 5.32 Å². The third-order valence-corrected chi connectivity index (χ3v) is 2.80. The number of carbonyl (C=O) groups excluding carboxylic acids is 1. The summed E-state index contributed by atoms with van der Waals surface area (Å²) in [7, 11) is 0. The van der Waals surface area contributed by atoms with Crippen LogP contribution in [0.25, 0.3) is 0 Å². The molecule has 3 nitrogen and oxygen atoms in total. The summed E-state index contributed by atoms with van der Waals surface area (Å²) in [6.45, 7) is 1.80. The maximum Gasteiger partial charge on any atom is 0.416 e. The lowest BCUT2D eigenvalue weighted by Gasteiger charge is -2.08. The molecule has 1 heterocycles. The van der Waals surface area contributed by atoms with Crippen LogP contribution in [0.15, 0.2) is 42.5 Å². The van der Waals surface area contributed by atoms with E-state index in [4.69, 9.17) is 0 Å². The van der Waals surface area contributed by atoms with Crippen molar-refractivity contribution in [3.63, 3.8) is 0 Å². The summed E-state index contributed by atoms with van der Waals surface area (Å²) in [6.07, 6.45) is -4.37. The third kappa shape index (κ3) is 4.30. The van der Waals surface area contributed by atoms with Gasteiger partial charge in [0, 0.05) is 5.69 Å². The first kappa shape index (κ1) is 15.0. The van der Waals surface area contributed by atoms with E-state index in [1.807, 2.05) is 0 Å². The minimum absolute atomic E-state index is 0.00619. The van der Waals surface area contributed by atoms with Crippen LogP contribution in [-0.2, 0) is 17.4 Å². The van der Waals surface area contributed by atoms with Gasteiger partial charge in [-0.15, -0.1) is 0 Å².